The van der Waals surface area contributed by atoms with Crippen molar-refractivity contribution in [3.63, 3.8) is 0 Å². The van der Waals surface area contributed by atoms with E-state index in [0.29, 0.717) is 21.7 Å². The number of anilines is 1. The molecule has 0 saturated carbocycles. The van der Waals surface area contributed by atoms with Gasteiger partial charge in [-0.2, -0.15) is 4.68 Å². The van der Waals surface area contributed by atoms with Crippen LogP contribution in [-0.4, -0.2) is 25.0 Å². The van der Waals surface area contributed by atoms with Crippen molar-refractivity contribution in [2.75, 3.05) is 5.73 Å². The summed E-state index contributed by atoms with van der Waals surface area (Å²) >= 11 is 1.28. The van der Waals surface area contributed by atoms with Gasteiger partial charge in [-0.15, -0.1) is 5.10 Å². The third kappa shape index (κ3) is 2.32. The van der Waals surface area contributed by atoms with E-state index >= 15 is 0 Å². The van der Waals surface area contributed by atoms with Gasteiger partial charge in [-0.3, -0.25) is 4.79 Å². The summed E-state index contributed by atoms with van der Waals surface area (Å²) in [5.74, 6) is 0.610. The van der Waals surface area contributed by atoms with E-state index in [4.69, 9.17) is 5.73 Å². The number of rotatable bonds is 3. The molecule has 100 valence electrons. The molecule has 0 aliphatic carbocycles. The van der Waals surface area contributed by atoms with Gasteiger partial charge in [0.25, 0.3) is 5.56 Å². The second kappa shape index (κ2) is 5.25. The van der Waals surface area contributed by atoms with Gasteiger partial charge in [-0.1, -0.05) is 29.1 Å². The Kier molecular flexibility index (Phi) is 3.30. The van der Waals surface area contributed by atoms with E-state index in [1.807, 2.05) is 6.07 Å². The molecule has 0 aliphatic heterocycles. The lowest BCUT2D eigenvalue weighted by Gasteiger charge is -2.05. The van der Waals surface area contributed by atoms with Gasteiger partial charge in [0.2, 0.25) is 0 Å². The SMILES string of the molecule is Nc1nccnc1SCn1nnc2ccccc2c1=O. The number of thioether (sulfide) groups is 1. The summed E-state index contributed by atoms with van der Waals surface area (Å²) in [6, 6.07) is 7.09. The monoisotopic (exact) mass is 286 g/mol. The zero-order chi connectivity index (χ0) is 13.9. The van der Waals surface area contributed by atoms with Crippen molar-refractivity contribution in [3.05, 3.63) is 47.0 Å². The van der Waals surface area contributed by atoms with Crippen LogP contribution in [0.25, 0.3) is 10.9 Å². The maximum Gasteiger partial charge on any atom is 0.278 e. The molecule has 0 fully saturated rings. The van der Waals surface area contributed by atoms with Crippen LogP contribution in [0.4, 0.5) is 5.82 Å². The molecule has 2 heterocycles. The minimum atomic E-state index is -0.189. The predicted molar refractivity (Wildman–Crippen MR) is 76.1 cm³/mol. The van der Waals surface area contributed by atoms with Gasteiger partial charge in [-0.25, -0.2) is 9.97 Å². The zero-order valence-electron chi connectivity index (χ0n) is 10.3. The molecule has 8 heteroatoms. The Morgan fingerprint density at radius 1 is 1.20 bits per heavy atom. The summed E-state index contributed by atoms with van der Waals surface area (Å²) in [7, 11) is 0. The van der Waals surface area contributed by atoms with E-state index in [-0.39, 0.29) is 11.4 Å². The average molecular weight is 286 g/mol. The molecule has 0 spiro atoms. The molecule has 0 aliphatic rings. The average Bonchev–Trinajstić information content (AvgIpc) is 2.48. The van der Waals surface area contributed by atoms with Crippen molar-refractivity contribution in [1.82, 2.24) is 25.0 Å². The highest BCUT2D eigenvalue weighted by Crippen LogP contribution is 2.20. The number of hydrogen-bond acceptors (Lipinski definition) is 7. The normalized spacial score (nSPS) is 10.8. The lowest BCUT2D eigenvalue weighted by Crippen LogP contribution is -2.23. The van der Waals surface area contributed by atoms with Crippen molar-refractivity contribution < 1.29 is 0 Å². The first-order valence-corrected chi connectivity index (χ1v) is 6.76. The van der Waals surface area contributed by atoms with Gasteiger partial charge in [-0.05, 0) is 12.1 Å². The largest absolute Gasteiger partial charge is 0.381 e. The van der Waals surface area contributed by atoms with E-state index in [0.717, 1.165) is 0 Å². The fourth-order valence-corrected chi connectivity index (χ4v) is 2.43. The van der Waals surface area contributed by atoms with Crippen LogP contribution in [0.5, 0.6) is 0 Å². The highest BCUT2D eigenvalue weighted by atomic mass is 32.2. The van der Waals surface area contributed by atoms with Crippen LogP contribution >= 0.6 is 11.8 Å². The van der Waals surface area contributed by atoms with E-state index < -0.39 is 0 Å². The number of nitrogens with zero attached hydrogens (tertiary/aromatic N) is 5. The summed E-state index contributed by atoms with van der Waals surface area (Å²) < 4.78 is 1.28. The Balaban J connectivity index is 1.90. The first-order chi connectivity index (χ1) is 9.75. The molecule has 0 radical (unpaired) electrons. The van der Waals surface area contributed by atoms with E-state index in [1.54, 1.807) is 24.4 Å². The fourth-order valence-electron chi connectivity index (χ4n) is 1.68. The van der Waals surface area contributed by atoms with Crippen molar-refractivity contribution in [3.8, 4) is 0 Å². The molecule has 0 saturated heterocycles. The summed E-state index contributed by atoms with van der Waals surface area (Å²) in [6.45, 7) is 0. The van der Waals surface area contributed by atoms with Gasteiger partial charge in [0.1, 0.15) is 10.5 Å². The Morgan fingerprint density at radius 3 is 2.85 bits per heavy atom. The number of hydrogen-bond donors (Lipinski definition) is 1. The lowest BCUT2D eigenvalue weighted by atomic mass is 10.2. The molecular formula is C12H10N6OS. The minimum absolute atomic E-state index is 0.189. The fraction of sp³-hybridized carbons (Fsp3) is 0.0833. The quantitative estimate of drug-likeness (QED) is 0.714. The highest BCUT2D eigenvalue weighted by Gasteiger charge is 2.07. The predicted octanol–water partition coefficient (Wildman–Crippen LogP) is 0.913. The molecule has 20 heavy (non-hydrogen) atoms. The second-order valence-electron chi connectivity index (χ2n) is 3.93. The van der Waals surface area contributed by atoms with Gasteiger partial charge in [0.15, 0.2) is 5.82 Å². The van der Waals surface area contributed by atoms with Gasteiger partial charge in [0, 0.05) is 12.4 Å². The van der Waals surface area contributed by atoms with Crippen molar-refractivity contribution >= 4 is 28.5 Å². The highest BCUT2D eigenvalue weighted by molar-refractivity contribution is 7.98. The number of nitrogens with two attached hydrogens (primary N) is 1. The number of benzene rings is 1. The van der Waals surface area contributed by atoms with Crippen LogP contribution in [0.1, 0.15) is 0 Å². The molecule has 3 rings (SSSR count). The van der Waals surface area contributed by atoms with E-state index in [2.05, 4.69) is 20.3 Å². The number of aromatic nitrogens is 5. The van der Waals surface area contributed by atoms with Crippen LogP contribution in [0.15, 0.2) is 46.5 Å². The third-order valence-electron chi connectivity index (χ3n) is 2.64. The zero-order valence-corrected chi connectivity index (χ0v) is 11.1. The van der Waals surface area contributed by atoms with E-state index in [9.17, 15) is 4.79 Å². The van der Waals surface area contributed by atoms with Crippen LogP contribution in [0.3, 0.4) is 0 Å². The molecule has 0 atom stereocenters. The van der Waals surface area contributed by atoms with Crippen LogP contribution in [0, 0.1) is 0 Å². The first kappa shape index (κ1) is 12.5. The molecule has 3 aromatic rings. The standard InChI is InChI=1S/C12H10N6OS/c13-10-11(15-6-5-14-10)20-7-18-12(19)8-3-1-2-4-9(8)16-17-18/h1-6H,7H2,(H2,13,14). The van der Waals surface area contributed by atoms with Crippen molar-refractivity contribution in [2.45, 2.75) is 10.9 Å². The molecule has 7 nitrogen and oxygen atoms in total. The van der Waals surface area contributed by atoms with Crippen molar-refractivity contribution in [1.29, 1.82) is 0 Å². The molecule has 1 aromatic carbocycles. The summed E-state index contributed by atoms with van der Waals surface area (Å²) in [4.78, 5) is 20.2. The maximum absolute atomic E-state index is 12.2. The molecule has 0 bridgehead atoms. The van der Waals surface area contributed by atoms with Crippen LogP contribution < -0.4 is 11.3 Å². The second-order valence-corrected chi connectivity index (χ2v) is 4.87. The first-order valence-electron chi connectivity index (χ1n) is 5.77. The minimum Gasteiger partial charge on any atom is -0.381 e. The lowest BCUT2D eigenvalue weighted by molar-refractivity contribution is 0.644. The Labute approximate surface area is 117 Å². The topological polar surface area (TPSA) is 99.6 Å². The molecule has 2 aromatic heterocycles. The summed E-state index contributed by atoms with van der Waals surface area (Å²) in [5.41, 5.74) is 6.09. The number of nitrogen functional groups attached to an aromatic ring is 1. The third-order valence-corrected chi connectivity index (χ3v) is 3.61. The molecular weight excluding hydrogens is 276 g/mol. The van der Waals surface area contributed by atoms with Crippen LogP contribution in [-0.2, 0) is 5.88 Å². The number of fused-ring (bicyclic) bond motifs is 1. The van der Waals surface area contributed by atoms with Crippen LogP contribution in [0.2, 0.25) is 0 Å². The molecule has 2 N–H and O–H groups in total. The van der Waals surface area contributed by atoms with E-state index in [1.165, 1.54) is 22.6 Å². The van der Waals surface area contributed by atoms with Crippen molar-refractivity contribution in [2.24, 2.45) is 0 Å². The smallest absolute Gasteiger partial charge is 0.278 e. The molecule has 0 amide bonds. The van der Waals surface area contributed by atoms with Gasteiger partial charge >= 0.3 is 0 Å². The summed E-state index contributed by atoms with van der Waals surface area (Å²) in [6.07, 6.45) is 3.06. The maximum atomic E-state index is 12.2. The Hall–Kier alpha value is -2.48. The Bertz CT molecular complexity index is 818. The Morgan fingerprint density at radius 2 is 2.00 bits per heavy atom. The van der Waals surface area contributed by atoms with Gasteiger partial charge < -0.3 is 5.73 Å². The summed E-state index contributed by atoms with van der Waals surface area (Å²) in [5, 5.41) is 9.01. The molecule has 0 unspecified atom stereocenters. The van der Waals surface area contributed by atoms with Gasteiger partial charge in [0.05, 0.1) is 11.3 Å².